The molecule has 3 fully saturated rings. The third-order valence-corrected chi connectivity index (χ3v) is 10.7. The van der Waals surface area contributed by atoms with Crippen molar-refractivity contribution in [3.8, 4) is 0 Å². The average Bonchev–Trinajstić information content (AvgIpc) is 2.97. The Labute approximate surface area is 244 Å². The Bertz CT molecular complexity index is 808. The molecule has 3 rings (SSSR count). The van der Waals surface area contributed by atoms with E-state index in [-0.39, 0.29) is 24.7 Å². The van der Waals surface area contributed by atoms with Crippen LogP contribution >= 0.6 is 0 Å². The molecule has 228 valence electrons. The molecule has 0 bridgehead atoms. The molecule has 0 radical (unpaired) electrons. The highest BCUT2D eigenvalue weighted by atomic mass is 16.5. The van der Waals surface area contributed by atoms with Crippen molar-refractivity contribution in [2.45, 2.75) is 130 Å². The minimum Gasteiger partial charge on any atom is -0.462 e. The number of esters is 2. The van der Waals surface area contributed by atoms with E-state index in [1.807, 2.05) is 0 Å². The van der Waals surface area contributed by atoms with Gasteiger partial charge in [-0.05, 0) is 114 Å². The summed E-state index contributed by atoms with van der Waals surface area (Å²) in [7, 11) is 0. The molecule has 3 aliphatic carbocycles. The van der Waals surface area contributed by atoms with Gasteiger partial charge in [-0.25, -0.2) is 9.59 Å². The molecule has 2 unspecified atom stereocenters. The highest BCUT2D eigenvalue weighted by molar-refractivity contribution is 5.88. The lowest BCUT2D eigenvalue weighted by Crippen LogP contribution is -2.34. The normalized spacial score (nSPS) is 30.6. The predicted molar refractivity (Wildman–Crippen MR) is 162 cm³/mol. The second-order valence-corrected chi connectivity index (χ2v) is 13.6. The van der Waals surface area contributed by atoms with Gasteiger partial charge in [-0.2, -0.15) is 0 Å². The first-order valence-corrected chi connectivity index (χ1v) is 16.6. The Morgan fingerprint density at radius 2 is 1.20 bits per heavy atom. The fourth-order valence-corrected chi connectivity index (χ4v) is 7.88. The predicted octanol–water partition coefficient (Wildman–Crippen LogP) is 8.20. The first kappa shape index (κ1) is 32.9. The largest absolute Gasteiger partial charge is 0.462 e. The topological polar surface area (TPSA) is 72.8 Å². The van der Waals surface area contributed by atoms with Crippen LogP contribution in [0.1, 0.15) is 124 Å². The van der Waals surface area contributed by atoms with Crippen LogP contribution in [0.5, 0.6) is 0 Å². The first-order valence-electron chi connectivity index (χ1n) is 16.6. The van der Waals surface area contributed by atoms with Crippen LogP contribution in [0.25, 0.3) is 0 Å². The van der Waals surface area contributed by atoms with Crippen LogP contribution in [0.3, 0.4) is 0 Å². The van der Waals surface area contributed by atoms with Gasteiger partial charge in [-0.1, -0.05) is 58.6 Å². The molecule has 0 spiro atoms. The summed E-state index contributed by atoms with van der Waals surface area (Å²) in [6.45, 7) is 13.2. The lowest BCUT2D eigenvalue weighted by molar-refractivity contribution is -0.146. The Hall–Kier alpha value is -1.62. The summed E-state index contributed by atoms with van der Waals surface area (Å²) in [5, 5.41) is 9.65. The summed E-state index contributed by atoms with van der Waals surface area (Å²) in [4.78, 5) is 24.3. The molecule has 5 nitrogen and oxygen atoms in total. The fourth-order valence-electron chi connectivity index (χ4n) is 7.88. The molecule has 0 aromatic heterocycles. The summed E-state index contributed by atoms with van der Waals surface area (Å²) >= 11 is 0. The third-order valence-electron chi connectivity index (χ3n) is 10.7. The Kier molecular flexibility index (Phi) is 13.8. The molecule has 0 aromatic rings. The van der Waals surface area contributed by atoms with E-state index >= 15 is 0 Å². The maximum Gasteiger partial charge on any atom is 0.336 e. The summed E-state index contributed by atoms with van der Waals surface area (Å²) in [6.07, 6.45) is 20.8. The van der Waals surface area contributed by atoms with Gasteiger partial charge in [-0.15, -0.1) is 0 Å². The van der Waals surface area contributed by atoms with Gasteiger partial charge in [0.1, 0.15) is 0 Å². The van der Waals surface area contributed by atoms with Gasteiger partial charge in [0.15, 0.2) is 0 Å². The summed E-state index contributed by atoms with van der Waals surface area (Å²) in [6, 6.07) is 0. The zero-order valence-corrected chi connectivity index (χ0v) is 25.8. The molecule has 5 heteroatoms. The third kappa shape index (κ3) is 10.0. The molecule has 0 heterocycles. The summed E-state index contributed by atoms with van der Waals surface area (Å²) in [5.41, 5.74) is 0.426. The van der Waals surface area contributed by atoms with Crippen LogP contribution in [0.15, 0.2) is 24.3 Å². The zero-order chi connectivity index (χ0) is 29.1. The van der Waals surface area contributed by atoms with Crippen LogP contribution in [-0.4, -0.2) is 36.4 Å². The number of ether oxygens (including phenoxy) is 2. The lowest BCUT2D eigenvalue weighted by atomic mass is 9.64. The van der Waals surface area contributed by atoms with Crippen molar-refractivity contribution < 1.29 is 24.2 Å². The van der Waals surface area contributed by atoms with Gasteiger partial charge >= 0.3 is 11.9 Å². The van der Waals surface area contributed by atoms with Gasteiger partial charge in [-0.3, -0.25) is 0 Å². The maximum absolute atomic E-state index is 12.3. The lowest BCUT2D eigenvalue weighted by Gasteiger charge is -2.42. The van der Waals surface area contributed by atoms with E-state index in [9.17, 15) is 14.7 Å². The SMILES string of the molecule is C=C(C)C(=O)OCC(COC(=O)C(=C)C(C)O)C1CCC(C2CCC(C3CCC(CCCCC)CC3)CC2)CC1. The quantitative estimate of drug-likeness (QED) is 0.132. The van der Waals surface area contributed by atoms with E-state index in [4.69, 9.17) is 9.47 Å². The molecular formula is C35H58O5. The second kappa shape index (κ2) is 16.7. The Morgan fingerprint density at radius 3 is 1.65 bits per heavy atom. The molecule has 0 aromatic carbocycles. The smallest absolute Gasteiger partial charge is 0.336 e. The van der Waals surface area contributed by atoms with E-state index in [1.54, 1.807) is 6.92 Å². The van der Waals surface area contributed by atoms with Crippen molar-refractivity contribution in [3.05, 3.63) is 24.3 Å². The van der Waals surface area contributed by atoms with Crippen molar-refractivity contribution in [1.29, 1.82) is 0 Å². The molecule has 3 saturated carbocycles. The number of hydrogen-bond acceptors (Lipinski definition) is 5. The minimum atomic E-state index is -0.941. The van der Waals surface area contributed by atoms with E-state index in [0.29, 0.717) is 11.5 Å². The number of rotatable bonds is 14. The van der Waals surface area contributed by atoms with Crippen molar-refractivity contribution >= 4 is 11.9 Å². The highest BCUT2D eigenvalue weighted by Gasteiger charge is 2.36. The van der Waals surface area contributed by atoms with Gasteiger partial charge in [0.25, 0.3) is 0 Å². The van der Waals surface area contributed by atoms with Crippen LogP contribution < -0.4 is 0 Å². The monoisotopic (exact) mass is 558 g/mol. The van der Waals surface area contributed by atoms with E-state index in [0.717, 1.165) is 42.4 Å². The Morgan fingerprint density at radius 1 is 0.750 bits per heavy atom. The van der Waals surface area contributed by atoms with E-state index in [2.05, 4.69) is 20.1 Å². The van der Waals surface area contributed by atoms with Gasteiger partial charge < -0.3 is 14.6 Å². The van der Waals surface area contributed by atoms with Crippen molar-refractivity contribution in [1.82, 2.24) is 0 Å². The van der Waals surface area contributed by atoms with Crippen LogP contribution in [0.4, 0.5) is 0 Å². The standard InChI is InChI=1S/C35H58O5/c1-6-7-8-9-27-10-12-28(13-11-27)29-14-16-30(17-15-29)31-18-20-32(21-19-31)33(22-39-34(37)24(2)3)23-40-35(38)25(4)26(5)36/h26-33,36H,2,4,6-23H2,1,3,5H3. The molecule has 40 heavy (non-hydrogen) atoms. The van der Waals surface area contributed by atoms with Crippen molar-refractivity contribution in [3.63, 3.8) is 0 Å². The van der Waals surface area contributed by atoms with Crippen LogP contribution in [0.2, 0.25) is 0 Å². The number of aliphatic hydroxyl groups is 1. The summed E-state index contributed by atoms with van der Waals surface area (Å²) < 4.78 is 11.0. The molecule has 3 aliphatic rings. The zero-order valence-electron chi connectivity index (χ0n) is 25.8. The maximum atomic E-state index is 12.3. The van der Waals surface area contributed by atoms with Gasteiger partial charge in [0, 0.05) is 11.5 Å². The molecular weight excluding hydrogens is 500 g/mol. The number of hydrogen-bond donors (Lipinski definition) is 1. The fraction of sp³-hybridized carbons (Fsp3) is 0.829. The number of aliphatic hydroxyl groups excluding tert-OH is 1. The van der Waals surface area contributed by atoms with Crippen molar-refractivity contribution in [2.75, 3.05) is 13.2 Å². The van der Waals surface area contributed by atoms with Crippen LogP contribution in [0, 0.1) is 41.4 Å². The Balaban J connectivity index is 1.42. The minimum absolute atomic E-state index is 0.0528. The van der Waals surface area contributed by atoms with Crippen molar-refractivity contribution in [2.24, 2.45) is 41.4 Å². The molecule has 0 amide bonds. The van der Waals surface area contributed by atoms with E-state index in [1.165, 1.54) is 96.8 Å². The van der Waals surface area contributed by atoms with Gasteiger partial charge in [0.05, 0.1) is 24.9 Å². The highest BCUT2D eigenvalue weighted by Crippen LogP contribution is 2.47. The van der Waals surface area contributed by atoms with E-state index < -0.39 is 18.0 Å². The summed E-state index contributed by atoms with van der Waals surface area (Å²) in [5.74, 6) is 3.91. The number of carbonyl (C=O) groups excluding carboxylic acids is 2. The molecule has 0 saturated heterocycles. The molecule has 1 N–H and O–H groups in total. The van der Waals surface area contributed by atoms with Crippen LogP contribution in [-0.2, 0) is 19.1 Å². The number of unbranched alkanes of at least 4 members (excludes halogenated alkanes) is 2. The molecule has 2 atom stereocenters. The molecule has 0 aliphatic heterocycles. The average molecular weight is 559 g/mol. The second-order valence-electron chi connectivity index (χ2n) is 13.6. The van der Waals surface area contributed by atoms with Gasteiger partial charge in [0.2, 0.25) is 0 Å². The first-order chi connectivity index (χ1) is 19.2. The number of carbonyl (C=O) groups is 2.